The number of benzene rings is 1. The van der Waals surface area contributed by atoms with E-state index in [9.17, 15) is 22.8 Å². The van der Waals surface area contributed by atoms with E-state index in [1.165, 1.54) is 12.1 Å². The van der Waals surface area contributed by atoms with Crippen molar-refractivity contribution < 1.29 is 22.8 Å². The summed E-state index contributed by atoms with van der Waals surface area (Å²) >= 11 is 0. The minimum Gasteiger partial charge on any atom is -0.340 e. The molecule has 26 heavy (non-hydrogen) atoms. The highest BCUT2D eigenvalue weighted by Crippen LogP contribution is 2.41. The molecule has 0 spiro atoms. The largest absolute Gasteiger partial charge is 0.416 e. The highest BCUT2D eigenvalue weighted by Gasteiger charge is 2.49. The topological polar surface area (TPSA) is 52.7 Å². The van der Waals surface area contributed by atoms with Crippen molar-refractivity contribution in [1.29, 1.82) is 0 Å². The van der Waals surface area contributed by atoms with Crippen molar-refractivity contribution in [3.63, 3.8) is 0 Å². The fraction of sp³-hybridized carbons (Fsp3) is 0.556. The Bertz CT molecular complexity index is 667. The SMILES string of the molecule is CCN1CCN(C(=O)C2CC2C(=O)Nc2ccc(C(F)(F)F)cc2)CC1. The van der Waals surface area contributed by atoms with Crippen LogP contribution in [0.4, 0.5) is 18.9 Å². The smallest absolute Gasteiger partial charge is 0.340 e. The van der Waals surface area contributed by atoms with Gasteiger partial charge < -0.3 is 15.1 Å². The molecule has 1 saturated carbocycles. The molecule has 1 aliphatic carbocycles. The number of anilines is 1. The molecular formula is C18H22F3N3O2. The van der Waals surface area contributed by atoms with Gasteiger partial charge in [-0.25, -0.2) is 0 Å². The Morgan fingerprint density at radius 3 is 2.23 bits per heavy atom. The molecule has 142 valence electrons. The van der Waals surface area contributed by atoms with Crippen LogP contribution in [-0.2, 0) is 15.8 Å². The van der Waals surface area contributed by atoms with Crippen LogP contribution in [-0.4, -0.2) is 54.3 Å². The van der Waals surface area contributed by atoms with Gasteiger partial charge >= 0.3 is 6.18 Å². The first-order valence-electron chi connectivity index (χ1n) is 8.79. The average molecular weight is 369 g/mol. The first-order valence-corrected chi connectivity index (χ1v) is 8.79. The number of rotatable bonds is 4. The van der Waals surface area contributed by atoms with Gasteiger partial charge in [0.25, 0.3) is 0 Å². The molecule has 1 aromatic carbocycles. The summed E-state index contributed by atoms with van der Waals surface area (Å²) in [5.41, 5.74) is -0.459. The van der Waals surface area contributed by atoms with E-state index in [1.54, 1.807) is 0 Å². The number of nitrogens with zero attached hydrogens (tertiary/aromatic N) is 2. The van der Waals surface area contributed by atoms with Crippen LogP contribution in [0.1, 0.15) is 18.9 Å². The molecule has 2 unspecified atom stereocenters. The fourth-order valence-electron chi connectivity index (χ4n) is 3.25. The lowest BCUT2D eigenvalue weighted by atomic mass is 10.2. The van der Waals surface area contributed by atoms with Crippen LogP contribution < -0.4 is 5.32 Å². The Labute approximate surface area is 150 Å². The van der Waals surface area contributed by atoms with E-state index in [0.29, 0.717) is 25.2 Å². The molecular weight excluding hydrogens is 347 g/mol. The van der Waals surface area contributed by atoms with Crippen LogP contribution >= 0.6 is 0 Å². The number of amides is 2. The Kier molecular flexibility index (Phi) is 5.22. The van der Waals surface area contributed by atoms with Crippen molar-refractivity contribution in [2.45, 2.75) is 19.5 Å². The highest BCUT2D eigenvalue weighted by molar-refractivity contribution is 5.99. The third kappa shape index (κ3) is 4.17. The van der Waals surface area contributed by atoms with E-state index in [-0.39, 0.29) is 17.7 Å². The summed E-state index contributed by atoms with van der Waals surface area (Å²) in [6.07, 6.45) is -3.91. The highest BCUT2D eigenvalue weighted by atomic mass is 19.4. The average Bonchev–Trinajstić information content (AvgIpc) is 3.42. The molecule has 1 N–H and O–H groups in total. The van der Waals surface area contributed by atoms with Crippen molar-refractivity contribution in [3.05, 3.63) is 29.8 Å². The molecule has 1 aromatic rings. The second-order valence-corrected chi connectivity index (χ2v) is 6.77. The van der Waals surface area contributed by atoms with E-state index >= 15 is 0 Å². The van der Waals surface area contributed by atoms with Gasteiger partial charge in [0.05, 0.1) is 17.4 Å². The molecule has 0 bridgehead atoms. The summed E-state index contributed by atoms with van der Waals surface area (Å²) in [7, 11) is 0. The quantitative estimate of drug-likeness (QED) is 0.887. The van der Waals surface area contributed by atoms with Gasteiger partial charge in [0.2, 0.25) is 11.8 Å². The Hall–Kier alpha value is -2.09. The zero-order chi connectivity index (χ0) is 18.9. The van der Waals surface area contributed by atoms with Gasteiger partial charge in [-0.15, -0.1) is 0 Å². The number of piperazine rings is 1. The molecule has 2 amide bonds. The molecule has 0 radical (unpaired) electrons. The van der Waals surface area contributed by atoms with Gasteiger partial charge in [0.1, 0.15) is 0 Å². The van der Waals surface area contributed by atoms with Crippen molar-refractivity contribution in [2.24, 2.45) is 11.8 Å². The second-order valence-electron chi connectivity index (χ2n) is 6.77. The molecule has 2 fully saturated rings. The summed E-state index contributed by atoms with van der Waals surface area (Å²) in [5.74, 6) is -1.00. The molecule has 2 atom stereocenters. The lowest BCUT2D eigenvalue weighted by Gasteiger charge is -2.34. The summed E-state index contributed by atoms with van der Waals surface area (Å²) < 4.78 is 37.7. The van der Waals surface area contributed by atoms with E-state index in [4.69, 9.17) is 0 Å². The van der Waals surface area contributed by atoms with Crippen LogP contribution in [0.15, 0.2) is 24.3 Å². The number of carbonyl (C=O) groups is 2. The molecule has 5 nitrogen and oxygen atoms in total. The Balaban J connectivity index is 1.50. The maximum absolute atomic E-state index is 12.6. The first-order chi connectivity index (χ1) is 12.3. The Morgan fingerprint density at radius 2 is 1.69 bits per heavy atom. The second kappa shape index (κ2) is 7.26. The zero-order valence-electron chi connectivity index (χ0n) is 14.6. The monoisotopic (exact) mass is 369 g/mol. The summed E-state index contributed by atoms with van der Waals surface area (Å²) in [4.78, 5) is 28.8. The van der Waals surface area contributed by atoms with E-state index in [2.05, 4.69) is 17.1 Å². The third-order valence-electron chi connectivity index (χ3n) is 5.06. The van der Waals surface area contributed by atoms with Crippen LogP contribution in [0.25, 0.3) is 0 Å². The number of nitrogens with one attached hydrogen (secondary N) is 1. The lowest BCUT2D eigenvalue weighted by Crippen LogP contribution is -2.49. The number of hydrogen-bond donors (Lipinski definition) is 1. The van der Waals surface area contributed by atoms with Gasteiger partial charge in [-0.1, -0.05) is 6.92 Å². The van der Waals surface area contributed by atoms with Crippen molar-refractivity contribution in [3.8, 4) is 0 Å². The first kappa shape index (κ1) is 18.7. The molecule has 2 aliphatic rings. The summed E-state index contributed by atoms with van der Waals surface area (Å²) in [6, 6.07) is 4.31. The van der Waals surface area contributed by atoms with Crippen LogP contribution in [0.5, 0.6) is 0 Å². The van der Waals surface area contributed by atoms with Gasteiger partial charge in [-0.3, -0.25) is 9.59 Å². The molecule has 1 saturated heterocycles. The van der Waals surface area contributed by atoms with Gasteiger partial charge in [-0.05, 0) is 37.2 Å². The van der Waals surface area contributed by atoms with Gasteiger partial charge in [0, 0.05) is 31.9 Å². The van der Waals surface area contributed by atoms with Crippen molar-refractivity contribution in [1.82, 2.24) is 9.80 Å². The third-order valence-corrected chi connectivity index (χ3v) is 5.06. The minimum absolute atomic E-state index is 0.00771. The van der Waals surface area contributed by atoms with Crippen molar-refractivity contribution >= 4 is 17.5 Å². The maximum Gasteiger partial charge on any atom is 0.416 e. The standard InChI is InChI=1S/C18H22F3N3O2/c1-2-23-7-9-24(10-8-23)17(26)15-11-14(15)16(25)22-13-5-3-12(4-6-13)18(19,20)21/h3-6,14-15H,2,7-11H2,1H3,(H,22,25). The van der Waals surface area contributed by atoms with Crippen LogP contribution in [0.3, 0.4) is 0 Å². The number of alkyl halides is 3. The van der Waals surface area contributed by atoms with Crippen molar-refractivity contribution in [2.75, 3.05) is 38.0 Å². The Morgan fingerprint density at radius 1 is 1.08 bits per heavy atom. The predicted molar refractivity (Wildman–Crippen MR) is 90.4 cm³/mol. The summed E-state index contributed by atoms with van der Waals surface area (Å²) in [5, 5.41) is 2.60. The molecule has 0 aromatic heterocycles. The molecule has 1 aliphatic heterocycles. The van der Waals surface area contributed by atoms with Gasteiger partial charge in [-0.2, -0.15) is 13.2 Å². The number of carbonyl (C=O) groups excluding carboxylic acids is 2. The minimum atomic E-state index is -4.40. The number of likely N-dealkylation sites (N-methyl/N-ethyl adjacent to an activating group) is 1. The van der Waals surface area contributed by atoms with Crippen LogP contribution in [0, 0.1) is 11.8 Å². The zero-order valence-corrected chi connectivity index (χ0v) is 14.6. The number of halogens is 3. The fourth-order valence-corrected chi connectivity index (χ4v) is 3.25. The normalized spacial score (nSPS) is 23.6. The van der Waals surface area contributed by atoms with Gasteiger partial charge in [0.15, 0.2) is 0 Å². The molecule has 8 heteroatoms. The van der Waals surface area contributed by atoms with E-state index in [1.807, 2.05) is 4.90 Å². The van der Waals surface area contributed by atoms with Crippen LogP contribution in [0.2, 0.25) is 0 Å². The number of hydrogen-bond acceptors (Lipinski definition) is 3. The van der Waals surface area contributed by atoms with E-state index in [0.717, 1.165) is 31.8 Å². The summed E-state index contributed by atoms with van der Waals surface area (Å²) in [6.45, 7) is 6.09. The predicted octanol–water partition coefficient (Wildman–Crippen LogP) is 2.44. The maximum atomic E-state index is 12.6. The lowest BCUT2D eigenvalue weighted by molar-refractivity contribution is -0.137. The molecule has 1 heterocycles. The van der Waals surface area contributed by atoms with E-state index < -0.39 is 17.7 Å². The molecule has 3 rings (SSSR count).